The second-order valence-corrected chi connectivity index (χ2v) is 25.1. The number of hydrogen-bond donors (Lipinski definition) is 2. The van der Waals surface area contributed by atoms with Gasteiger partial charge in [0.1, 0.15) is 53.3 Å². The molecule has 0 spiro atoms. The van der Waals surface area contributed by atoms with Gasteiger partial charge in [-0.3, -0.25) is 14.0 Å². The Morgan fingerprint density at radius 2 is 1.25 bits per heavy atom. The van der Waals surface area contributed by atoms with Gasteiger partial charge in [-0.25, -0.2) is 19.7 Å². The molecule has 2 aliphatic heterocycles. The van der Waals surface area contributed by atoms with Crippen LogP contribution in [0.5, 0.6) is 11.5 Å². The predicted molar refractivity (Wildman–Crippen MR) is 297 cm³/mol. The first kappa shape index (κ1) is 53.1. The first-order valence-corrected chi connectivity index (χ1v) is 27.8. The van der Waals surface area contributed by atoms with Gasteiger partial charge in [-0.1, -0.05) is 136 Å². The lowest BCUT2D eigenvalue weighted by atomic mass is 9.80. The molecule has 0 bridgehead atoms. The third-order valence-corrected chi connectivity index (χ3v) is 20.1. The minimum atomic E-state index is -3.09. The van der Waals surface area contributed by atoms with Crippen LogP contribution in [0.25, 0.3) is 11.2 Å². The minimum absolute atomic E-state index is 0.118. The first-order chi connectivity index (χ1) is 37.2. The molecule has 0 unspecified atom stereocenters. The lowest BCUT2D eigenvalue weighted by Gasteiger charge is -2.45. The van der Waals surface area contributed by atoms with Gasteiger partial charge in [-0.2, -0.15) is 10.0 Å². The number of aromatic nitrogens is 6. The zero-order chi connectivity index (χ0) is 53.9. The summed E-state index contributed by atoms with van der Waals surface area (Å²) < 4.78 is 43.9. The second-order valence-electron chi connectivity index (χ2n) is 20.8. The molecule has 17 nitrogen and oxygen atoms in total. The van der Waals surface area contributed by atoms with E-state index in [1.807, 2.05) is 102 Å². The van der Waals surface area contributed by atoms with Crippen LogP contribution < -0.4 is 37.0 Å². The van der Waals surface area contributed by atoms with Gasteiger partial charge in [0.2, 0.25) is 0 Å². The summed E-state index contributed by atoms with van der Waals surface area (Å²) in [7, 11) is 2.11. The average molecular weight is 1060 g/mol. The van der Waals surface area contributed by atoms with Gasteiger partial charge in [0.05, 0.1) is 46.0 Å². The number of aryl methyl sites for hydroxylation is 1. The number of nitrogens with two attached hydrogens (primary N) is 2. The monoisotopic (exact) mass is 1060 g/mol. The Bertz CT molecular complexity index is 3220. The summed E-state index contributed by atoms with van der Waals surface area (Å²) in [5, 5.41) is 3.82. The van der Waals surface area contributed by atoms with E-state index in [1.54, 1.807) is 26.7 Å². The van der Waals surface area contributed by atoms with Gasteiger partial charge < -0.3 is 39.6 Å². The number of ether oxygens (including phenoxy) is 5. The van der Waals surface area contributed by atoms with Gasteiger partial charge in [0.15, 0.2) is 11.5 Å². The first-order valence-electron chi connectivity index (χ1n) is 25.9. The van der Waals surface area contributed by atoms with E-state index in [2.05, 4.69) is 101 Å². The fraction of sp³-hybridized carbons (Fsp3) is 0.339. The highest BCUT2D eigenvalue weighted by atomic mass is 28.4. The minimum Gasteiger partial charge on any atom is -0.497 e. The van der Waals surface area contributed by atoms with Crippen molar-refractivity contribution in [2.75, 3.05) is 52.5 Å². The van der Waals surface area contributed by atoms with Gasteiger partial charge in [0.25, 0.3) is 8.32 Å². The molecule has 0 amide bonds. The molecule has 10 rings (SSSR count). The number of methoxy groups -OCH3 is 2. The topological polar surface area (TPSA) is 198 Å². The molecule has 2 aliphatic rings. The predicted octanol–water partition coefficient (Wildman–Crippen LogP) is 7.58. The number of hydrogen-bond acceptors (Lipinski definition) is 15. The van der Waals surface area contributed by atoms with E-state index >= 15 is 0 Å². The van der Waals surface area contributed by atoms with Crippen molar-refractivity contribution in [3.8, 4) is 11.5 Å². The van der Waals surface area contributed by atoms with Gasteiger partial charge in [-0.05, 0) is 69.7 Å². The van der Waals surface area contributed by atoms with Crippen LogP contribution in [0.2, 0.25) is 5.04 Å². The largest absolute Gasteiger partial charge is 0.497 e. The van der Waals surface area contributed by atoms with Crippen LogP contribution in [-0.4, -0.2) is 102 Å². The maximum Gasteiger partial charge on any atom is 0.351 e. The third kappa shape index (κ3) is 10.5. The number of benzene rings is 5. The van der Waals surface area contributed by atoms with Crippen molar-refractivity contribution in [1.29, 1.82) is 0 Å². The number of anilines is 2. The number of rotatable bonds is 19. The maximum atomic E-state index is 13.6. The highest BCUT2D eigenvalue weighted by Gasteiger charge is 2.54. The molecule has 0 radical (unpaired) electrons. The van der Waals surface area contributed by atoms with E-state index in [1.165, 1.54) is 10.9 Å². The summed E-state index contributed by atoms with van der Waals surface area (Å²) in [6.07, 6.45) is 3.04. The molecule has 2 saturated heterocycles. The Balaban J connectivity index is 0.974. The van der Waals surface area contributed by atoms with Crippen LogP contribution in [0, 0.1) is 12.8 Å². The molecule has 400 valence electrons. The van der Waals surface area contributed by atoms with Crippen molar-refractivity contribution in [3.05, 3.63) is 191 Å². The van der Waals surface area contributed by atoms with E-state index in [9.17, 15) is 4.79 Å². The SMILES string of the molecule is COc1ccc(C(OC[C@H]2O[C@@H](n3cc(C)c(N)nc3=O)C[C@@H]2CN(C)OC[C@H]2O[C@@H](n3cnc4c(N)ncnc43)C[C@@H]2O[Si](c2ccccc2)(c2ccccc2)C(C)(C)C)(c2ccccc2)c2ccc(OC)cc2)cc1. The van der Waals surface area contributed by atoms with E-state index in [0.717, 1.165) is 27.1 Å². The Labute approximate surface area is 449 Å². The molecule has 0 aliphatic carbocycles. The Kier molecular flexibility index (Phi) is 15.4. The van der Waals surface area contributed by atoms with E-state index < -0.39 is 50.4 Å². The normalized spacial score (nSPS) is 20.0. The fourth-order valence-corrected chi connectivity index (χ4v) is 15.8. The molecule has 18 heteroatoms. The van der Waals surface area contributed by atoms with E-state index in [-0.39, 0.29) is 35.8 Å². The molecule has 6 atom stereocenters. The Morgan fingerprint density at radius 1 is 0.688 bits per heavy atom. The highest BCUT2D eigenvalue weighted by Crippen LogP contribution is 2.45. The summed E-state index contributed by atoms with van der Waals surface area (Å²) in [5.74, 6) is 1.66. The number of hydroxylamine groups is 2. The Hall–Kier alpha value is -7.29. The van der Waals surface area contributed by atoms with Crippen LogP contribution in [0.3, 0.4) is 0 Å². The molecular weight excluding hydrogens is 991 g/mol. The van der Waals surface area contributed by atoms with Crippen molar-refractivity contribution < 1.29 is 32.9 Å². The van der Waals surface area contributed by atoms with Gasteiger partial charge >= 0.3 is 5.69 Å². The summed E-state index contributed by atoms with van der Waals surface area (Å²) in [5.41, 5.74) is 15.2. The number of fused-ring (bicyclic) bond motifs is 1. The molecule has 3 aromatic heterocycles. The van der Waals surface area contributed by atoms with Gasteiger partial charge in [0, 0.05) is 37.7 Å². The lowest BCUT2D eigenvalue weighted by Crippen LogP contribution is -2.68. The summed E-state index contributed by atoms with van der Waals surface area (Å²) in [6, 6.07) is 47.1. The average Bonchev–Trinajstić information content (AvgIpc) is 4.21. The second kappa shape index (κ2) is 22.4. The van der Waals surface area contributed by atoms with Crippen LogP contribution in [-0.2, 0) is 29.1 Å². The molecule has 4 N–H and O–H groups in total. The van der Waals surface area contributed by atoms with E-state index in [4.69, 9.17) is 44.4 Å². The highest BCUT2D eigenvalue weighted by molar-refractivity contribution is 6.99. The Morgan fingerprint density at radius 3 is 1.83 bits per heavy atom. The molecule has 0 saturated carbocycles. The van der Waals surface area contributed by atoms with Crippen molar-refractivity contribution >= 4 is 41.5 Å². The fourth-order valence-electron chi connectivity index (χ4n) is 11.1. The number of nitrogen functional groups attached to an aromatic ring is 2. The maximum absolute atomic E-state index is 13.6. The standard InChI is InChI=1S/C59H67N9O8Si/c1-39-33-67(57(69)65-54(39)60)51-31-40(49(74-51)35-72-59(41-17-11-8-12-18-41,42-23-27-44(70-6)28-24-42)43-25-29-45(71-7)30-26-43)34-66(5)73-36-50-48(32-52(75-50)68-38-64-53-55(61)62-37-63-56(53)68)76-77(58(2,3)4,46-19-13-9-14-20-46)47-21-15-10-16-22-47/h8-30,33,37-38,40,48-52H,31-32,34-36H2,1-7H3,(H2,60,65,69)(H2,61,62,63)/t40-,48+,49-,50-,51-,52-/m1/s1. The lowest BCUT2D eigenvalue weighted by molar-refractivity contribution is -0.186. The molecule has 77 heavy (non-hydrogen) atoms. The van der Waals surface area contributed by atoms with Gasteiger partial charge in [-0.15, -0.1) is 0 Å². The van der Waals surface area contributed by atoms with Crippen LogP contribution in [0.4, 0.5) is 11.6 Å². The zero-order valence-electron chi connectivity index (χ0n) is 44.6. The number of nitrogens with zero attached hydrogens (tertiary/aromatic N) is 7. The summed E-state index contributed by atoms with van der Waals surface area (Å²) in [4.78, 5) is 37.9. The van der Waals surface area contributed by atoms with Crippen molar-refractivity contribution in [1.82, 2.24) is 34.1 Å². The number of imidazole rings is 1. The van der Waals surface area contributed by atoms with Crippen molar-refractivity contribution in [2.24, 2.45) is 5.92 Å². The van der Waals surface area contributed by atoms with Crippen LogP contribution in [0.1, 0.15) is 68.3 Å². The molecular formula is C59H67N9O8Si. The van der Waals surface area contributed by atoms with Crippen molar-refractivity contribution in [2.45, 2.75) is 81.9 Å². The van der Waals surface area contributed by atoms with Crippen LogP contribution in [0.15, 0.2) is 163 Å². The quantitative estimate of drug-likeness (QED) is 0.0456. The smallest absolute Gasteiger partial charge is 0.351 e. The van der Waals surface area contributed by atoms with Crippen molar-refractivity contribution in [3.63, 3.8) is 0 Å². The van der Waals surface area contributed by atoms with Crippen LogP contribution >= 0.6 is 0 Å². The molecule has 5 heterocycles. The molecule has 2 fully saturated rings. The van der Waals surface area contributed by atoms with E-state index in [0.29, 0.717) is 47.6 Å². The summed E-state index contributed by atoms with van der Waals surface area (Å²) >= 11 is 0. The molecule has 5 aromatic carbocycles. The summed E-state index contributed by atoms with van der Waals surface area (Å²) in [6.45, 7) is 9.27. The zero-order valence-corrected chi connectivity index (χ0v) is 45.6. The third-order valence-electron chi connectivity index (χ3n) is 15.1. The molecule has 8 aromatic rings.